The molecular formula is C18H17FN4O2. The normalized spacial score (nSPS) is 10.4. The molecule has 0 aliphatic heterocycles. The molecule has 3 rings (SSSR count). The average molecular weight is 340 g/mol. The zero-order chi connectivity index (χ0) is 17.5. The quantitative estimate of drug-likeness (QED) is 0.646. The Morgan fingerprint density at radius 1 is 1.12 bits per heavy atom. The molecule has 2 aromatic heterocycles. The van der Waals surface area contributed by atoms with Crippen LogP contribution in [0.2, 0.25) is 0 Å². The van der Waals surface area contributed by atoms with Gasteiger partial charge in [0.05, 0.1) is 12.1 Å². The fourth-order valence-corrected chi connectivity index (χ4v) is 2.20. The van der Waals surface area contributed by atoms with Crippen LogP contribution in [0.15, 0.2) is 59.3 Å². The molecule has 6 nitrogen and oxygen atoms in total. The highest BCUT2D eigenvalue weighted by atomic mass is 19.1. The third-order valence-electron chi connectivity index (χ3n) is 3.40. The molecule has 1 amide bonds. The minimum Gasteiger partial charge on any atom is -0.444 e. The maximum Gasteiger partial charge on any atom is 0.226 e. The molecule has 2 heterocycles. The van der Waals surface area contributed by atoms with Crippen LogP contribution in [0.1, 0.15) is 5.69 Å². The van der Waals surface area contributed by atoms with E-state index in [-0.39, 0.29) is 18.1 Å². The standard InChI is InChI=1S/C18H17FN4O2/c19-14-6-4-13(5-7-14)18-23-15(12-25-18)11-17(24)22-10-9-21-16-3-1-2-8-20-16/h1-8,12H,9-11H2,(H,20,21)(H,22,24). The highest BCUT2D eigenvalue weighted by molar-refractivity contribution is 5.78. The molecule has 0 aliphatic carbocycles. The van der Waals surface area contributed by atoms with Crippen molar-refractivity contribution in [3.05, 3.63) is 66.4 Å². The van der Waals surface area contributed by atoms with E-state index in [9.17, 15) is 9.18 Å². The van der Waals surface area contributed by atoms with Gasteiger partial charge in [0.25, 0.3) is 0 Å². The van der Waals surface area contributed by atoms with Gasteiger partial charge in [-0.15, -0.1) is 0 Å². The number of oxazole rings is 1. The van der Waals surface area contributed by atoms with Crippen molar-refractivity contribution in [1.29, 1.82) is 0 Å². The number of nitrogens with one attached hydrogen (secondary N) is 2. The van der Waals surface area contributed by atoms with E-state index in [4.69, 9.17) is 4.42 Å². The second-order valence-corrected chi connectivity index (χ2v) is 5.32. The molecule has 128 valence electrons. The van der Waals surface area contributed by atoms with E-state index < -0.39 is 0 Å². The molecule has 3 aromatic rings. The number of carbonyl (C=O) groups excluding carboxylic acids is 1. The van der Waals surface area contributed by atoms with Gasteiger partial charge in [0.15, 0.2) is 0 Å². The summed E-state index contributed by atoms with van der Waals surface area (Å²) in [6.07, 6.45) is 3.25. The largest absolute Gasteiger partial charge is 0.444 e. The van der Waals surface area contributed by atoms with Gasteiger partial charge in [-0.2, -0.15) is 0 Å². The van der Waals surface area contributed by atoms with Crippen molar-refractivity contribution in [2.24, 2.45) is 0 Å². The molecule has 0 spiro atoms. The van der Waals surface area contributed by atoms with Crippen molar-refractivity contribution in [3.8, 4) is 11.5 Å². The van der Waals surface area contributed by atoms with Crippen molar-refractivity contribution in [2.75, 3.05) is 18.4 Å². The van der Waals surface area contributed by atoms with Crippen molar-refractivity contribution in [2.45, 2.75) is 6.42 Å². The monoisotopic (exact) mass is 340 g/mol. The number of rotatable bonds is 7. The molecule has 7 heteroatoms. The second kappa shape index (κ2) is 8.05. The number of aromatic nitrogens is 2. The lowest BCUT2D eigenvalue weighted by molar-refractivity contribution is -0.120. The summed E-state index contributed by atoms with van der Waals surface area (Å²) >= 11 is 0. The summed E-state index contributed by atoms with van der Waals surface area (Å²) < 4.78 is 18.3. The first-order valence-corrected chi connectivity index (χ1v) is 7.82. The number of halogens is 1. The number of hydrogen-bond donors (Lipinski definition) is 2. The summed E-state index contributed by atoms with van der Waals surface area (Å²) in [6.45, 7) is 1.04. The lowest BCUT2D eigenvalue weighted by atomic mass is 10.2. The average Bonchev–Trinajstić information content (AvgIpc) is 3.09. The molecule has 0 saturated carbocycles. The molecule has 0 fully saturated rings. The Morgan fingerprint density at radius 2 is 1.96 bits per heavy atom. The van der Waals surface area contributed by atoms with Crippen molar-refractivity contribution >= 4 is 11.7 Å². The van der Waals surface area contributed by atoms with E-state index >= 15 is 0 Å². The molecule has 25 heavy (non-hydrogen) atoms. The topological polar surface area (TPSA) is 80.0 Å². The van der Waals surface area contributed by atoms with Crippen LogP contribution in [0, 0.1) is 5.82 Å². The van der Waals surface area contributed by atoms with Gasteiger partial charge in [0.1, 0.15) is 17.9 Å². The summed E-state index contributed by atoms with van der Waals surface area (Å²) in [4.78, 5) is 20.3. The van der Waals surface area contributed by atoms with Crippen LogP contribution in [0.3, 0.4) is 0 Å². The van der Waals surface area contributed by atoms with Crippen LogP contribution in [0.5, 0.6) is 0 Å². The third kappa shape index (κ3) is 4.87. The fraction of sp³-hybridized carbons (Fsp3) is 0.167. The Morgan fingerprint density at radius 3 is 2.72 bits per heavy atom. The van der Waals surface area contributed by atoms with Gasteiger partial charge in [-0.25, -0.2) is 14.4 Å². The van der Waals surface area contributed by atoms with E-state index in [2.05, 4.69) is 20.6 Å². The fourth-order valence-electron chi connectivity index (χ4n) is 2.20. The lowest BCUT2D eigenvalue weighted by Gasteiger charge is -2.06. The molecule has 0 atom stereocenters. The minimum atomic E-state index is -0.325. The van der Waals surface area contributed by atoms with Crippen molar-refractivity contribution < 1.29 is 13.6 Å². The second-order valence-electron chi connectivity index (χ2n) is 5.32. The molecular weight excluding hydrogens is 323 g/mol. The van der Waals surface area contributed by atoms with Gasteiger partial charge in [0.2, 0.25) is 11.8 Å². The number of nitrogens with zero attached hydrogens (tertiary/aromatic N) is 2. The predicted octanol–water partition coefficient (Wildman–Crippen LogP) is 2.65. The molecule has 0 unspecified atom stereocenters. The highest BCUT2D eigenvalue weighted by Gasteiger charge is 2.10. The van der Waals surface area contributed by atoms with E-state index in [0.29, 0.717) is 30.2 Å². The first-order chi connectivity index (χ1) is 12.2. The smallest absolute Gasteiger partial charge is 0.226 e. The van der Waals surface area contributed by atoms with E-state index in [1.54, 1.807) is 18.3 Å². The van der Waals surface area contributed by atoms with Crippen LogP contribution in [0.25, 0.3) is 11.5 Å². The number of amides is 1. The Kier molecular flexibility index (Phi) is 5.36. The summed E-state index contributed by atoms with van der Waals surface area (Å²) in [5.41, 5.74) is 1.18. The Balaban J connectivity index is 1.44. The van der Waals surface area contributed by atoms with Crippen LogP contribution in [0.4, 0.5) is 10.2 Å². The Bertz CT molecular complexity index is 819. The van der Waals surface area contributed by atoms with Crippen LogP contribution in [-0.4, -0.2) is 29.0 Å². The number of hydrogen-bond acceptors (Lipinski definition) is 5. The molecule has 2 N–H and O–H groups in total. The Hall–Kier alpha value is -3.22. The van der Waals surface area contributed by atoms with Crippen LogP contribution >= 0.6 is 0 Å². The SMILES string of the molecule is O=C(Cc1coc(-c2ccc(F)cc2)n1)NCCNc1ccccn1. The summed E-state index contributed by atoms with van der Waals surface area (Å²) in [7, 11) is 0. The first-order valence-electron chi connectivity index (χ1n) is 7.82. The first kappa shape index (κ1) is 16.6. The van der Waals surface area contributed by atoms with E-state index in [0.717, 1.165) is 5.82 Å². The molecule has 0 bridgehead atoms. The van der Waals surface area contributed by atoms with Crippen molar-refractivity contribution in [3.63, 3.8) is 0 Å². The van der Waals surface area contributed by atoms with E-state index in [1.165, 1.54) is 18.4 Å². The maximum absolute atomic E-state index is 12.9. The molecule has 0 saturated heterocycles. The number of benzene rings is 1. The molecule has 0 radical (unpaired) electrons. The zero-order valence-corrected chi connectivity index (χ0v) is 13.4. The Labute approximate surface area is 144 Å². The van der Waals surface area contributed by atoms with Gasteiger partial charge in [-0.3, -0.25) is 4.79 Å². The minimum absolute atomic E-state index is 0.119. The maximum atomic E-state index is 12.9. The summed E-state index contributed by atoms with van der Waals surface area (Å²) in [6, 6.07) is 11.4. The molecule has 0 aliphatic rings. The van der Waals surface area contributed by atoms with E-state index in [1.807, 2.05) is 18.2 Å². The summed E-state index contributed by atoms with van der Waals surface area (Å²) in [5.74, 6) is 0.646. The van der Waals surface area contributed by atoms with Crippen molar-refractivity contribution in [1.82, 2.24) is 15.3 Å². The number of anilines is 1. The van der Waals surface area contributed by atoms with Crippen LogP contribution < -0.4 is 10.6 Å². The third-order valence-corrected chi connectivity index (χ3v) is 3.40. The lowest BCUT2D eigenvalue weighted by Crippen LogP contribution is -2.30. The van der Waals surface area contributed by atoms with Gasteiger partial charge in [0, 0.05) is 24.8 Å². The van der Waals surface area contributed by atoms with Crippen LogP contribution in [-0.2, 0) is 11.2 Å². The van der Waals surface area contributed by atoms with Gasteiger partial charge in [-0.05, 0) is 36.4 Å². The van der Waals surface area contributed by atoms with Gasteiger partial charge >= 0.3 is 0 Å². The summed E-state index contributed by atoms with van der Waals surface area (Å²) in [5, 5.41) is 5.90. The van der Waals surface area contributed by atoms with Gasteiger partial charge < -0.3 is 15.1 Å². The zero-order valence-electron chi connectivity index (χ0n) is 13.4. The molecule has 1 aromatic carbocycles. The predicted molar refractivity (Wildman–Crippen MR) is 91.3 cm³/mol. The number of carbonyl (C=O) groups is 1. The highest BCUT2D eigenvalue weighted by Crippen LogP contribution is 2.19. The number of pyridine rings is 1. The van der Waals surface area contributed by atoms with Gasteiger partial charge in [-0.1, -0.05) is 6.07 Å².